The van der Waals surface area contributed by atoms with Gasteiger partial charge in [0.2, 0.25) is 5.69 Å². The van der Waals surface area contributed by atoms with Crippen LogP contribution in [0, 0.1) is 0 Å². The number of hydrogen-bond acceptors (Lipinski definition) is 9. The van der Waals surface area contributed by atoms with Gasteiger partial charge in [0.25, 0.3) is 0 Å². The summed E-state index contributed by atoms with van der Waals surface area (Å²) in [5, 5.41) is 9.27. The van der Waals surface area contributed by atoms with Crippen LogP contribution < -0.4 is 120 Å². The van der Waals surface area contributed by atoms with E-state index in [2.05, 4.69) is 76.1 Å². The minimum atomic E-state index is -4.69. The van der Waals surface area contributed by atoms with E-state index in [1.807, 2.05) is 52.0 Å². The number of carboxylic acids is 1. The quantitative estimate of drug-likeness (QED) is 0.0561. The number of hydrogen-bond donors (Lipinski definition) is 1. The molecule has 1 aliphatic carbocycles. The van der Waals surface area contributed by atoms with Crippen LogP contribution in [0.15, 0.2) is 117 Å². The van der Waals surface area contributed by atoms with Crippen LogP contribution in [-0.4, -0.2) is 125 Å². The number of fused-ring (bicyclic) bond motifs is 2. The normalized spacial score (nSPS) is 17.2. The average Bonchev–Trinajstić information content (AvgIpc) is 3.55. The fourth-order valence-electron chi connectivity index (χ4n) is 9.31. The van der Waals surface area contributed by atoms with E-state index in [0.29, 0.717) is 43.9 Å². The molecule has 2 aliphatic heterocycles. The molecule has 0 amide bonds. The second-order valence-corrected chi connectivity index (χ2v) is 23.6. The van der Waals surface area contributed by atoms with E-state index in [1.54, 1.807) is 12.1 Å². The van der Waals surface area contributed by atoms with Crippen molar-refractivity contribution in [3.8, 4) is 5.75 Å². The van der Waals surface area contributed by atoms with Crippen molar-refractivity contribution in [2.75, 3.05) is 73.4 Å². The zero-order valence-corrected chi connectivity index (χ0v) is 55.8. The summed E-state index contributed by atoms with van der Waals surface area (Å²) in [7, 11) is 3.51. The number of nitrogens with zero attached hydrogens (tertiary/aromatic N) is 4. The molecule has 3 aromatic rings. The standard InChI is InChI=1S/C51H66N4O9S2.4BrH.2Na/c1-50(2)42-34-40(65(58,59)60)23-25-44(42)52(30-12-32-54(5,6)7)46(50)27-19-37-14-11-15-38(49(37)64-39-21-16-36(17-22-39)18-29-48(56)57)20-28-47-51(3,4)43-35-41(66(61,62)63)24-26-45(43)53(47)31-13-33-55(8,9)10;;;;;;/h16-17,19-28,34-35H,11-15,18,29-33H2,1-10H3;4*1H;;/q;;;;;2*+1/p-2. The number of quaternary nitrogens is 2. The van der Waals surface area contributed by atoms with Crippen LogP contribution in [0.2, 0.25) is 0 Å². The summed E-state index contributed by atoms with van der Waals surface area (Å²) in [6.07, 6.45) is 12.7. The molecule has 0 spiro atoms. The summed E-state index contributed by atoms with van der Waals surface area (Å²) in [4.78, 5) is 13.0. The molecule has 3 aromatic carbocycles. The van der Waals surface area contributed by atoms with Crippen molar-refractivity contribution in [2.45, 2.75) is 93.3 Å². The van der Waals surface area contributed by atoms with E-state index in [-0.39, 0.29) is 143 Å². The largest absolute Gasteiger partial charge is 1.00 e. The van der Waals surface area contributed by atoms with Crippen molar-refractivity contribution in [1.82, 2.24) is 0 Å². The molecule has 3 aliphatic rings. The second kappa shape index (κ2) is 28.1. The molecular weight excluding hydrogens is 1240 g/mol. The summed E-state index contributed by atoms with van der Waals surface area (Å²) in [5.74, 6) is 0.406. The molecule has 2 heterocycles. The van der Waals surface area contributed by atoms with Gasteiger partial charge in [0.15, 0.2) is 12.3 Å². The molecule has 1 N–H and O–H groups in total. The number of aliphatic carboxylic acids is 1. The van der Waals surface area contributed by atoms with Crippen LogP contribution in [0.1, 0.15) is 82.9 Å². The zero-order valence-electron chi connectivity index (χ0n) is 43.7. The fourth-order valence-corrected chi connectivity index (χ4v) is 10.3. The summed E-state index contributed by atoms with van der Waals surface area (Å²) in [6.45, 7) is 11.4. The van der Waals surface area contributed by atoms with Crippen LogP contribution in [0.5, 0.6) is 5.75 Å². The number of aryl methyl sites for hydroxylation is 1. The Morgan fingerprint density at radius 1 is 0.764 bits per heavy atom. The third-order valence-electron chi connectivity index (χ3n) is 12.9. The van der Waals surface area contributed by atoms with Crippen molar-refractivity contribution in [2.24, 2.45) is 0 Å². The Labute approximate surface area is 515 Å². The SMILES string of the molecule is Br.CC1(C)C(=CC=C2CCCC(C=CC3=[N+](CCC[N+](C)(C)C)c4ccc(S(=O)(=O)[O-])cc4C3(C)C)=C2Oc2ccc(CCC(=O)O)cc2)N(CCC[N+](C)(C)C)c2ccc(S(=O)(=O)[O-])cc21.[Br-].[Br-].[Br-].[Na+].[Na+]. The van der Waals surface area contributed by atoms with Crippen molar-refractivity contribution in [3.63, 3.8) is 0 Å². The van der Waals surface area contributed by atoms with E-state index in [0.717, 1.165) is 91.9 Å². The number of ether oxygens (including phenoxy) is 1. The Kier molecular flexibility index (Phi) is 27.7. The molecule has 0 fully saturated rings. The number of benzene rings is 3. The van der Waals surface area contributed by atoms with Gasteiger partial charge in [-0.1, -0.05) is 32.1 Å². The Bertz CT molecular complexity index is 2790. The van der Waals surface area contributed by atoms with Gasteiger partial charge >= 0.3 is 65.1 Å². The minimum absolute atomic E-state index is 0. The van der Waals surface area contributed by atoms with Gasteiger partial charge in [-0.2, -0.15) is 4.58 Å². The Morgan fingerprint density at radius 2 is 1.32 bits per heavy atom. The Balaban J connectivity index is 0.00000840. The molecule has 0 saturated carbocycles. The van der Waals surface area contributed by atoms with Crippen LogP contribution in [0.3, 0.4) is 0 Å². The molecule has 0 radical (unpaired) electrons. The van der Waals surface area contributed by atoms with Gasteiger partial charge in [-0.25, -0.2) is 16.8 Å². The number of carbonyl (C=O) groups is 1. The number of allylic oxidation sites excluding steroid dienone is 7. The molecule has 6 rings (SSSR count). The van der Waals surface area contributed by atoms with Crippen molar-refractivity contribution in [3.05, 3.63) is 124 Å². The van der Waals surface area contributed by atoms with Crippen molar-refractivity contribution >= 4 is 60.3 Å². The summed E-state index contributed by atoms with van der Waals surface area (Å²) in [6, 6.07) is 16.8. The van der Waals surface area contributed by atoms with Gasteiger partial charge in [0.1, 0.15) is 31.7 Å². The van der Waals surface area contributed by atoms with E-state index in [1.165, 1.54) is 24.3 Å². The predicted octanol–water partition coefficient (Wildman–Crippen LogP) is -6.64. The number of anilines is 1. The first-order valence-electron chi connectivity index (χ1n) is 22.6. The molecule has 0 aromatic heterocycles. The third kappa shape index (κ3) is 17.8. The van der Waals surface area contributed by atoms with Gasteiger partial charge in [0.05, 0.1) is 77.0 Å². The molecule has 0 unspecified atom stereocenters. The molecule has 0 atom stereocenters. The molecule has 0 saturated heterocycles. The first-order chi connectivity index (χ1) is 30.6. The van der Waals surface area contributed by atoms with E-state index in [9.17, 15) is 35.8 Å². The van der Waals surface area contributed by atoms with Crippen LogP contribution in [0.4, 0.5) is 11.4 Å². The van der Waals surface area contributed by atoms with Gasteiger partial charge < -0.3 is 83.8 Å². The predicted molar refractivity (Wildman–Crippen MR) is 267 cm³/mol. The number of carboxylic acid groups (broad SMARTS) is 1. The Hall–Kier alpha value is -0.980. The van der Waals surface area contributed by atoms with Crippen LogP contribution in [-0.2, 0) is 42.3 Å². The first-order valence-corrected chi connectivity index (χ1v) is 25.4. The topological polar surface area (TPSA) is 167 Å². The second-order valence-electron chi connectivity index (χ2n) is 20.9. The monoisotopic (exact) mass is 1310 g/mol. The van der Waals surface area contributed by atoms with E-state index < -0.39 is 37.0 Å². The summed E-state index contributed by atoms with van der Waals surface area (Å²) in [5.41, 5.74) is 6.65. The first kappa shape index (κ1) is 71.0. The maximum absolute atomic E-state index is 12.2. The van der Waals surface area contributed by atoms with Gasteiger partial charge in [-0.05, 0) is 116 Å². The molecule has 0 bridgehead atoms. The smallest absolute Gasteiger partial charge is 1.00 e. The minimum Gasteiger partial charge on any atom is -1.00 e. The van der Waals surface area contributed by atoms with Crippen LogP contribution >= 0.6 is 17.0 Å². The average molecular weight is 1310 g/mol. The zero-order chi connectivity index (χ0) is 48.6. The van der Waals surface area contributed by atoms with Gasteiger partial charge in [-0.3, -0.25) is 4.79 Å². The van der Waals surface area contributed by atoms with Crippen molar-refractivity contribution in [1.29, 1.82) is 0 Å². The maximum Gasteiger partial charge on any atom is 1.00 e. The molecule has 21 heteroatoms. The Morgan fingerprint density at radius 3 is 1.88 bits per heavy atom. The van der Waals surface area contributed by atoms with Gasteiger partial charge in [-0.15, -0.1) is 17.0 Å². The van der Waals surface area contributed by atoms with Crippen LogP contribution in [0.25, 0.3) is 0 Å². The summed E-state index contributed by atoms with van der Waals surface area (Å²) >= 11 is 0. The molecular formula is C51H68Br4N4Na2O9S2. The van der Waals surface area contributed by atoms with E-state index >= 15 is 0 Å². The molecule has 72 heavy (non-hydrogen) atoms. The number of halogens is 4. The van der Waals surface area contributed by atoms with E-state index in [4.69, 9.17) is 4.74 Å². The van der Waals surface area contributed by atoms with Crippen molar-refractivity contribution < 1.29 is 164 Å². The third-order valence-corrected chi connectivity index (χ3v) is 14.5. The molecule has 388 valence electrons. The number of rotatable bonds is 18. The fraction of sp³-hybridized carbons (Fsp3) is 0.451. The summed E-state index contributed by atoms with van der Waals surface area (Å²) < 4.78 is 83.9. The maximum atomic E-state index is 12.2. The van der Waals surface area contributed by atoms with Gasteiger partial charge in [0, 0.05) is 53.9 Å². The molecule has 13 nitrogen and oxygen atoms in total.